The number of rotatable bonds is 4. The molecule has 0 radical (unpaired) electrons. The van der Waals surface area contributed by atoms with Gasteiger partial charge in [0.15, 0.2) is 0 Å². The van der Waals surface area contributed by atoms with Crippen molar-refractivity contribution in [1.29, 1.82) is 0 Å². The summed E-state index contributed by atoms with van der Waals surface area (Å²) in [6.07, 6.45) is 0. The topological polar surface area (TPSA) is 118 Å². The molecule has 92 valence electrons. The maximum atomic E-state index is 11.4. The fourth-order valence-electron chi connectivity index (χ4n) is 0.409. The molecule has 0 heterocycles. The minimum absolute atomic E-state index is 0.940. The third-order valence-corrected chi connectivity index (χ3v) is 14.6. The molecule has 0 rings (SSSR count). The second kappa shape index (κ2) is 4.04. The van der Waals surface area contributed by atoms with Crippen molar-refractivity contribution in [3.8, 4) is 0 Å². The predicted molar refractivity (Wildman–Crippen MR) is 36.4 cm³/mol. The first-order valence-electron chi connectivity index (χ1n) is 3.85. The summed E-state index contributed by atoms with van der Waals surface area (Å²) in [6.45, 7) is 3.86. The standard InChI is InChI=1S/C3H7O.C3H6O.H2O.4O.2W/c2*1-3(2)4;;;;;;;/h4H,1-2H3;1-2H3;1H2;;;;;;/q;-1;;;;;;2*+1/p-1. The SMILES string of the molecule is C[C](C)([O][W](=[O])(=[O])[C](C)(C)O)[W](=[O])(=[O])[OH]. The summed E-state index contributed by atoms with van der Waals surface area (Å²) in [4.78, 5) is 0. The average molecular weight is 566 g/mol. The van der Waals surface area contributed by atoms with Gasteiger partial charge in [0.1, 0.15) is 0 Å². The molecule has 0 spiro atoms. The second-order valence-corrected chi connectivity index (χ2v) is 18.3. The van der Waals surface area contributed by atoms with Crippen LogP contribution in [0.2, 0.25) is 0 Å². The molecule has 0 saturated carbocycles. The van der Waals surface area contributed by atoms with Crippen LogP contribution in [0.4, 0.5) is 0 Å². The van der Waals surface area contributed by atoms with Crippen LogP contribution in [0.3, 0.4) is 0 Å². The van der Waals surface area contributed by atoms with E-state index in [1.54, 1.807) is 0 Å². The van der Waals surface area contributed by atoms with Crippen molar-refractivity contribution in [1.82, 2.24) is 0 Å². The molecule has 0 unspecified atom stereocenters. The molecule has 15 heavy (non-hydrogen) atoms. The molecule has 7 nitrogen and oxygen atoms in total. The Hall–Kier alpha value is 0.457. The predicted octanol–water partition coefficient (Wildman–Crippen LogP) is -0.0204. The third-order valence-electron chi connectivity index (χ3n) is 1.54. The van der Waals surface area contributed by atoms with Crippen molar-refractivity contribution in [3.05, 3.63) is 0 Å². The Balaban J connectivity index is 5.27. The van der Waals surface area contributed by atoms with E-state index < -0.39 is 40.7 Å². The number of hydrogen-bond donors (Lipinski definition) is 2. The van der Waals surface area contributed by atoms with Gasteiger partial charge in [0, 0.05) is 0 Å². The summed E-state index contributed by atoms with van der Waals surface area (Å²) < 4.78 is 53.6. The van der Waals surface area contributed by atoms with Crippen molar-refractivity contribution in [2.45, 2.75) is 35.7 Å². The zero-order valence-electron chi connectivity index (χ0n) is 8.75. The molecule has 9 heteroatoms. The van der Waals surface area contributed by atoms with Gasteiger partial charge in [0.2, 0.25) is 0 Å². The van der Waals surface area contributed by atoms with E-state index in [1.165, 1.54) is 0 Å². The molecule has 0 amide bonds. The van der Waals surface area contributed by atoms with Gasteiger partial charge in [-0.05, 0) is 0 Å². The monoisotopic (exact) mass is 566 g/mol. The van der Waals surface area contributed by atoms with E-state index >= 15 is 0 Å². The van der Waals surface area contributed by atoms with Gasteiger partial charge in [0.25, 0.3) is 0 Å². The average Bonchev–Trinajstić information content (AvgIpc) is 1.77. The van der Waals surface area contributed by atoms with E-state index in [4.69, 9.17) is 3.76 Å². The summed E-state index contributed by atoms with van der Waals surface area (Å²) in [5, 5.41) is 9.25. The molecule has 0 aliphatic carbocycles. The van der Waals surface area contributed by atoms with Crippen molar-refractivity contribution >= 4 is 0 Å². The zero-order chi connectivity index (χ0) is 12.7. The van der Waals surface area contributed by atoms with E-state index in [0.29, 0.717) is 0 Å². The Labute approximate surface area is 94.0 Å². The molecule has 0 aliphatic rings. The zero-order valence-corrected chi connectivity index (χ0v) is 14.6. The van der Waals surface area contributed by atoms with Crippen molar-refractivity contribution in [2.75, 3.05) is 0 Å². The van der Waals surface area contributed by atoms with Crippen molar-refractivity contribution in [2.24, 2.45) is 0 Å². The van der Waals surface area contributed by atoms with Gasteiger partial charge in [-0.3, -0.25) is 0 Å². The van der Waals surface area contributed by atoms with Crippen molar-refractivity contribution in [3.63, 3.8) is 0 Å². The van der Waals surface area contributed by atoms with Gasteiger partial charge in [-0.1, -0.05) is 0 Å². The van der Waals surface area contributed by atoms with Crippen molar-refractivity contribution < 1.29 is 58.6 Å². The molecule has 0 fully saturated rings. The Morgan fingerprint density at radius 1 is 1.00 bits per heavy atom. The number of hydrogen-bond acceptors (Lipinski definition) is 6. The van der Waals surface area contributed by atoms with Gasteiger partial charge in [-0.25, -0.2) is 0 Å². The Morgan fingerprint density at radius 2 is 1.33 bits per heavy atom. The number of aliphatic hydroxyl groups is 1. The Morgan fingerprint density at radius 3 is 1.53 bits per heavy atom. The normalized spacial score (nSPS) is 15.3. The molecule has 0 aromatic carbocycles. The third kappa shape index (κ3) is 3.75. The fraction of sp³-hybridized carbons (Fsp3) is 1.00. The van der Waals surface area contributed by atoms with Gasteiger partial charge in [-0.15, -0.1) is 0 Å². The van der Waals surface area contributed by atoms with Crippen LogP contribution in [0, 0.1) is 0 Å². The van der Waals surface area contributed by atoms with Crippen LogP contribution in [-0.4, -0.2) is 16.8 Å². The first-order chi connectivity index (χ1) is 6.21. The summed E-state index contributed by atoms with van der Waals surface area (Å²) in [6, 6.07) is 0. The minimum atomic E-state index is -5.98. The van der Waals surface area contributed by atoms with E-state index in [1.807, 2.05) is 0 Å². The molecule has 0 bridgehead atoms. The summed E-state index contributed by atoms with van der Waals surface area (Å²) in [5.74, 6) is 0. The molecular formula is C6H14O7W2. The first-order valence-corrected chi connectivity index (χ1v) is 14.1. The van der Waals surface area contributed by atoms with Crippen LogP contribution in [0.25, 0.3) is 0 Å². The van der Waals surface area contributed by atoms with Crippen LogP contribution in [0.1, 0.15) is 27.7 Å². The quantitative estimate of drug-likeness (QED) is 0.492. The maximum absolute atomic E-state index is 11.4. The molecule has 0 aliphatic heterocycles. The summed E-state index contributed by atoms with van der Waals surface area (Å²) >= 11 is -11.8. The van der Waals surface area contributed by atoms with Gasteiger partial charge in [-0.2, -0.15) is 0 Å². The van der Waals surface area contributed by atoms with Crippen LogP contribution < -0.4 is 0 Å². The van der Waals surface area contributed by atoms with E-state index in [2.05, 4.69) is 3.39 Å². The van der Waals surface area contributed by atoms with E-state index in [9.17, 15) is 18.7 Å². The molecule has 0 atom stereocenters. The Kier molecular flexibility index (Phi) is 4.16. The van der Waals surface area contributed by atoms with Crippen LogP contribution >= 0.6 is 0 Å². The van der Waals surface area contributed by atoms with Gasteiger partial charge in [0.05, 0.1) is 0 Å². The molecule has 0 aromatic heterocycles. The summed E-state index contributed by atoms with van der Waals surface area (Å²) in [5.41, 5.74) is 0. The second-order valence-electron chi connectivity index (χ2n) is 3.86. The van der Waals surface area contributed by atoms with E-state index in [-0.39, 0.29) is 0 Å². The van der Waals surface area contributed by atoms with Crippen LogP contribution in [-0.2, 0) is 49.7 Å². The fourth-order valence-corrected chi connectivity index (χ4v) is 8.51. The molecule has 0 saturated heterocycles. The van der Waals surface area contributed by atoms with Crippen LogP contribution in [0.15, 0.2) is 0 Å². The van der Waals surface area contributed by atoms with Crippen LogP contribution in [0.5, 0.6) is 0 Å². The molecule has 2 N–H and O–H groups in total. The van der Waals surface area contributed by atoms with Gasteiger partial charge >= 0.3 is 94.3 Å². The summed E-state index contributed by atoms with van der Waals surface area (Å²) in [7, 11) is 0. The Bertz CT molecular complexity index is 423. The van der Waals surface area contributed by atoms with E-state index in [0.717, 1.165) is 27.7 Å². The first kappa shape index (κ1) is 15.5. The molecular weight excluding hydrogens is 552 g/mol. The molecule has 0 aromatic rings. The van der Waals surface area contributed by atoms with Gasteiger partial charge < -0.3 is 0 Å².